The Bertz CT molecular complexity index is 1280. The van der Waals surface area contributed by atoms with Crippen molar-refractivity contribution < 1.29 is 9.21 Å². The Morgan fingerprint density at radius 1 is 1.09 bits per heavy atom. The first-order chi connectivity index (χ1) is 16.0. The quantitative estimate of drug-likeness (QED) is 0.472. The minimum Gasteiger partial charge on any atom is -0.420 e. The highest BCUT2D eigenvalue weighted by molar-refractivity contribution is 6.08. The van der Waals surface area contributed by atoms with Crippen molar-refractivity contribution in [3.63, 3.8) is 0 Å². The fourth-order valence-electron chi connectivity index (χ4n) is 4.86. The van der Waals surface area contributed by atoms with E-state index >= 15 is 0 Å². The van der Waals surface area contributed by atoms with Gasteiger partial charge in [-0.2, -0.15) is 0 Å². The molecule has 0 bridgehead atoms. The van der Waals surface area contributed by atoms with Gasteiger partial charge in [-0.25, -0.2) is 0 Å². The van der Waals surface area contributed by atoms with Crippen LogP contribution in [0, 0.1) is 19.8 Å². The number of fused-ring (bicyclic) bond motifs is 1. The number of hydrogen-bond donors (Lipinski definition) is 1. The summed E-state index contributed by atoms with van der Waals surface area (Å²) in [5, 5.41) is 12.7. The molecule has 0 spiro atoms. The van der Waals surface area contributed by atoms with E-state index in [9.17, 15) is 4.79 Å². The Labute approximate surface area is 193 Å². The van der Waals surface area contributed by atoms with Crippen LogP contribution in [0.15, 0.2) is 47.0 Å². The zero-order valence-corrected chi connectivity index (χ0v) is 19.3. The number of carbonyl (C=O) groups is 1. The number of nitrogens with one attached hydrogen (secondary N) is 1. The second-order valence-electron chi connectivity index (χ2n) is 9.10. The van der Waals surface area contributed by atoms with E-state index in [1.54, 1.807) is 6.20 Å². The summed E-state index contributed by atoms with van der Waals surface area (Å²) in [6.07, 6.45) is 5.81. The van der Waals surface area contributed by atoms with E-state index in [1.807, 2.05) is 51.2 Å². The summed E-state index contributed by atoms with van der Waals surface area (Å²) < 4.78 is 8.05. The fourth-order valence-corrected chi connectivity index (χ4v) is 4.86. The average Bonchev–Trinajstić information content (AvgIpc) is 3.42. The average molecular weight is 444 g/mol. The molecule has 1 fully saturated rings. The van der Waals surface area contributed by atoms with Gasteiger partial charge in [-0.05, 0) is 63.6 Å². The van der Waals surface area contributed by atoms with Crippen molar-refractivity contribution in [2.24, 2.45) is 13.0 Å². The summed E-state index contributed by atoms with van der Waals surface area (Å²) in [4.78, 5) is 17.3. The number of nitrogens with zero attached hydrogens (tertiary/aromatic N) is 4. The van der Waals surface area contributed by atoms with E-state index in [1.165, 1.54) is 0 Å². The van der Waals surface area contributed by atoms with Crippen LogP contribution in [0.2, 0.25) is 0 Å². The third kappa shape index (κ3) is 4.15. The Hall–Kier alpha value is -3.48. The van der Waals surface area contributed by atoms with E-state index < -0.39 is 0 Å². The predicted molar refractivity (Wildman–Crippen MR) is 127 cm³/mol. The first kappa shape index (κ1) is 21.4. The molecule has 0 unspecified atom stereocenters. The predicted octanol–water partition coefficient (Wildman–Crippen LogP) is 4.94. The van der Waals surface area contributed by atoms with Gasteiger partial charge in [-0.15, -0.1) is 10.2 Å². The number of rotatable bonds is 5. The molecule has 1 aromatic carbocycles. The molecule has 1 aliphatic rings. The number of benzene rings is 1. The summed E-state index contributed by atoms with van der Waals surface area (Å²) in [7, 11) is 2.01. The summed E-state index contributed by atoms with van der Waals surface area (Å²) in [5.74, 6) is 1.98. The van der Waals surface area contributed by atoms with Crippen LogP contribution in [-0.4, -0.2) is 32.2 Å². The standard InChI is InChI=1S/C26H29N5O2/c1-16-8-11-20(15-27-16)26-30-29-25(33-26)19-12-9-18(10-13-19)14-28-24(32)23-17(2)31(3)22-7-5-4-6-21(22)23/h4-8,11,15,18-19H,9-10,12-14H2,1-3H3,(H,28,32). The van der Waals surface area contributed by atoms with Crippen molar-refractivity contribution in [3.8, 4) is 11.5 Å². The van der Waals surface area contributed by atoms with Gasteiger partial charge in [0.2, 0.25) is 11.8 Å². The highest BCUT2D eigenvalue weighted by Gasteiger charge is 2.27. The number of carbonyl (C=O) groups excluding carboxylic acids is 1. The van der Waals surface area contributed by atoms with Crippen LogP contribution in [0.4, 0.5) is 0 Å². The molecule has 1 amide bonds. The molecule has 1 aliphatic carbocycles. The summed E-state index contributed by atoms with van der Waals surface area (Å²) in [5.41, 5.74) is 4.67. The second-order valence-corrected chi connectivity index (χ2v) is 9.10. The maximum absolute atomic E-state index is 13.0. The molecule has 3 heterocycles. The van der Waals surface area contributed by atoms with E-state index in [0.717, 1.165) is 59.1 Å². The molecule has 5 rings (SSSR count). The largest absolute Gasteiger partial charge is 0.420 e. The van der Waals surface area contributed by atoms with Gasteiger partial charge in [0.1, 0.15) is 0 Å². The number of hydrogen-bond acceptors (Lipinski definition) is 5. The highest BCUT2D eigenvalue weighted by Crippen LogP contribution is 2.36. The summed E-state index contributed by atoms with van der Waals surface area (Å²) in [6.45, 7) is 4.65. The van der Waals surface area contributed by atoms with Gasteiger partial charge in [-0.1, -0.05) is 18.2 Å². The van der Waals surface area contributed by atoms with Gasteiger partial charge < -0.3 is 14.3 Å². The van der Waals surface area contributed by atoms with Crippen molar-refractivity contribution >= 4 is 16.8 Å². The van der Waals surface area contributed by atoms with Crippen LogP contribution in [0.5, 0.6) is 0 Å². The van der Waals surface area contributed by atoms with Crippen molar-refractivity contribution in [2.75, 3.05) is 6.54 Å². The molecule has 4 aromatic rings. The van der Waals surface area contributed by atoms with Gasteiger partial charge in [0.05, 0.1) is 11.1 Å². The van der Waals surface area contributed by atoms with Crippen molar-refractivity contribution in [1.29, 1.82) is 0 Å². The van der Waals surface area contributed by atoms with E-state index in [0.29, 0.717) is 24.2 Å². The van der Waals surface area contributed by atoms with Crippen molar-refractivity contribution in [3.05, 3.63) is 65.4 Å². The topological polar surface area (TPSA) is 85.8 Å². The number of aromatic nitrogens is 4. The van der Waals surface area contributed by atoms with Crippen LogP contribution < -0.4 is 5.32 Å². The lowest BCUT2D eigenvalue weighted by Crippen LogP contribution is -2.31. The van der Waals surface area contributed by atoms with Crippen molar-refractivity contribution in [2.45, 2.75) is 45.4 Å². The molecule has 7 nitrogen and oxygen atoms in total. The lowest BCUT2D eigenvalue weighted by molar-refractivity contribution is 0.0943. The molecule has 3 aromatic heterocycles. The molecular weight excluding hydrogens is 414 g/mol. The smallest absolute Gasteiger partial charge is 0.253 e. The lowest BCUT2D eigenvalue weighted by atomic mass is 9.82. The Morgan fingerprint density at radius 3 is 2.64 bits per heavy atom. The third-order valence-corrected chi connectivity index (χ3v) is 6.97. The monoisotopic (exact) mass is 443 g/mol. The number of para-hydroxylation sites is 1. The van der Waals surface area contributed by atoms with Gasteiger partial charge in [-0.3, -0.25) is 9.78 Å². The first-order valence-corrected chi connectivity index (χ1v) is 11.6. The lowest BCUT2D eigenvalue weighted by Gasteiger charge is -2.26. The minimum atomic E-state index is 0.0136. The molecule has 0 atom stereocenters. The van der Waals surface area contributed by atoms with Crippen LogP contribution >= 0.6 is 0 Å². The van der Waals surface area contributed by atoms with Crippen LogP contribution in [0.1, 0.15) is 59.2 Å². The van der Waals surface area contributed by atoms with Gasteiger partial charge in [0, 0.05) is 48.0 Å². The molecule has 33 heavy (non-hydrogen) atoms. The summed E-state index contributed by atoms with van der Waals surface area (Å²) in [6, 6.07) is 12.0. The maximum atomic E-state index is 13.0. The zero-order chi connectivity index (χ0) is 22.9. The van der Waals surface area contributed by atoms with Crippen LogP contribution in [-0.2, 0) is 7.05 Å². The zero-order valence-electron chi connectivity index (χ0n) is 19.3. The van der Waals surface area contributed by atoms with Crippen molar-refractivity contribution in [1.82, 2.24) is 25.1 Å². The number of pyridine rings is 1. The Morgan fingerprint density at radius 2 is 1.88 bits per heavy atom. The van der Waals surface area contributed by atoms with Gasteiger partial charge >= 0.3 is 0 Å². The Kier molecular flexibility index (Phi) is 5.70. The first-order valence-electron chi connectivity index (χ1n) is 11.6. The molecule has 170 valence electrons. The van der Waals surface area contributed by atoms with Gasteiger partial charge in [0.25, 0.3) is 5.91 Å². The maximum Gasteiger partial charge on any atom is 0.253 e. The number of aryl methyl sites for hydroxylation is 2. The summed E-state index contributed by atoms with van der Waals surface area (Å²) >= 11 is 0. The SMILES string of the molecule is Cc1ccc(-c2nnc(C3CCC(CNC(=O)c4c(C)n(C)c5ccccc45)CC3)o2)cn1. The van der Waals surface area contributed by atoms with Crippen LogP contribution in [0.3, 0.4) is 0 Å². The molecule has 0 aliphatic heterocycles. The molecule has 0 saturated heterocycles. The molecule has 1 N–H and O–H groups in total. The third-order valence-electron chi connectivity index (χ3n) is 6.97. The molecule has 0 radical (unpaired) electrons. The normalized spacial score (nSPS) is 18.5. The van der Waals surface area contributed by atoms with E-state index in [4.69, 9.17) is 4.42 Å². The molecule has 1 saturated carbocycles. The molecular formula is C26H29N5O2. The highest BCUT2D eigenvalue weighted by atomic mass is 16.4. The van der Waals surface area contributed by atoms with Crippen LogP contribution in [0.25, 0.3) is 22.4 Å². The number of amides is 1. The Balaban J connectivity index is 1.18. The van der Waals surface area contributed by atoms with E-state index in [-0.39, 0.29) is 11.8 Å². The second kappa shape index (κ2) is 8.81. The minimum absolute atomic E-state index is 0.0136. The van der Waals surface area contributed by atoms with E-state index in [2.05, 4.69) is 31.1 Å². The molecule has 7 heteroatoms. The van der Waals surface area contributed by atoms with Gasteiger partial charge in [0.15, 0.2) is 0 Å². The fraction of sp³-hybridized carbons (Fsp3) is 0.385.